The van der Waals surface area contributed by atoms with Crippen LogP contribution in [-0.4, -0.2) is 34.1 Å². The average molecular weight is 364 g/mol. The zero-order valence-electron chi connectivity index (χ0n) is 16.4. The Morgan fingerprint density at radius 1 is 1.04 bits per heavy atom. The molecule has 0 aliphatic heterocycles. The average Bonchev–Trinajstić information content (AvgIpc) is 2.95. The van der Waals surface area contributed by atoms with Crippen molar-refractivity contribution in [1.29, 1.82) is 0 Å². The summed E-state index contributed by atoms with van der Waals surface area (Å²) in [6.07, 6.45) is 6.29. The molecule has 140 valence electrons. The molecule has 1 heterocycles. The van der Waals surface area contributed by atoms with E-state index in [4.69, 9.17) is 16.6 Å². The molecular weight excluding hydrogens is 330 g/mol. The Balaban J connectivity index is 2.07. The zero-order chi connectivity index (χ0) is 18.2. The first-order chi connectivity index (χ1) is 12.1. The quantitative estimate of drug-likeness (QED) is 0.480. The van der Waals surface area contributed by atoms with E-state index in [9.17, 15) is 0 Å². The van der Waals surface area contributed by atoms with Crippen LogP contribution in [0.5, 0.6) is 0 Å². The molecule has 0 N–H and O–H groups in total. The predicted molar refractivity (Wildman–Crippen MR) is 110 cm³/mol. The van der Waals surface area contributed by atoms with Crippen LogP contribution in [0.15, 0.2) is 18.2 Å². The number of aromatic nitrogens is 2. The molecule has 0 radical (unpaired) electrons. The molecule has 0 saturated heterocycles. The highest BCUT2D eigenvalue weighted by Gasteiger charge is 2.14. The number of aryl methyl sites for hydroxylation is 1. The van der Waals surface area contributed by atoms with Crippen molar-refractivity contribution in [2.24, 2.45) is 0 Å². The maximum atomic E-state index is 6.23. The minimum absolute atomic E-state index is 0.419. The number of benzene rings is 1. The van der Waals surface area contributed by atoms with E-state index in [-0.39, 0.29) is 0 Å². The van der Waals surface area contributed by atoms with Crippen molar-refractivity contribution in [3.63, 3.8) is 0 Å². The fraction of sp³-hybridized carbons (Fsp3) is 0.667. The summed E-state index contributed by atoms with van der Waals surface area (Å²) in [4.78, 5) is 7.47. The van der Waals surface area contributed by atoms with Crippen LogP contribution in [0, 0.1) is 0 Å². The first kappa shape index (κ1) is 20.3. The third kappa shape index (κ3) is 5.72. The number of unbranched alkanes of at least 4 members (excludes halogenated alkanes) is 2. The van der Waals surface area contributed by atoms with E-state index in [2.05, 4.69) is 43.2 Å². The van der Waals surface area contributed by atoms with Gasteiger partial charge < -0.3 is 9.47 Å². The molecule has 0 aliphatic rings. The second-order valence-electron chi connectivity index (χ2n) is 7.31. The fourth-order valence-electron chi connectivity index (χ4n) is 3.34. The highest BCUT2D eigenvalue weighted by atomic mass is 35.5. The van der Waals surface area contributed by atoms with Crippen molar-refractivity contribution in [3.05, 3.63) is 29.0 Å². The summed E-state index contributed by atoms with van der Waals surface area (Å²) in [5.74, 6) is 1.59. The molecule has 1 aromatic carbocycles. The van der Waals surface area contributed by atoms with Crippen LogP contribution in [0.2, 0.25) is 5.02 Å². The lowest BCUT2D eigenvalue weighted by Gasteiger charge is -2.22. The first-order valence-electron chi connectivity index (χ1n) is 9.94. The van der Waals surface area contributed by atoms with Gasteiger partial charge in [0, 0.05) is 17.5 Å². The Morgan fingerprint density at radius 2 is 1.68 bits per heavy atom. The van der Waals surface area contributed by atoms with E-state index in [0.717, 1.165) is 30.0 Å². The van der Waals surface area contributed by atoms with E-state index in [1.165, 1.54) is 50.1 Å². The molecule has 0 aliphatic carbocycles. The third-order valence-electron chi connectivity index (χ3n) is 4.77. The van der Waals surface area contributed by atoms with Crippen molar-refractivity contribution in [2.45, 2.75) is 72.3 Å². The summed E-state index contributed by atoms with van der Waals surface area (Å²) in [6, 6.07) is 6.03. The first-order valence-corrected chi connectivity index (χ1v) is 10.3. The molecule has 0 fully saturated rings. The Bertz CT molecular complexity index is 640. The normalized spacial score (nSPS) is 12.0. The lowest BCUT2D eigenvalue weighted by Crippen LogP contribution is -2.28. The predicted octanol–water partition coefficient (Wildman–Crippen LogP) is 6.11. The minimum atomic E-state index is 0.419. The topological polar surface area (TPSA) is 21.1 Å². The number of halogens is 1. The van der Waals surface area contributed by atoms with Gasteiger partial charge in [-0.2, -0.15) is 0 Å². The molecule has 4 heteroatoms. The monoisotopic (exact) mass is 363 g/mol. The SMILES string of the molecule is CCCCN(CCCC)CCCn1c(C(C)C)nc2ccc(Cl)cc21. The van der Waals surface area contributed by atoms with E-state index in [1.54, 1.807) is 0 Å². The van der Waals surface area contributed by atoms with Gasteiger partial charge in [0.05, 0.1) is 11.0 Å². The maximum Gasteiger partial charge on any atom is 0.112 e. The number of imidazole rings is 1. The second kappa shape index (κ2) is 10.2. The molecule has 0 saturated carbocycles. The maximum absolute atomic E-state index is 6.23. The van der Waals surface area contributed by atoms with E-state index in [0.29, 0.717) is 5.92 Å². The van der Waals surface area contributed by atoms with Crippen molar-refractivity contribution in [2.75, 3.05) is 19.6 Å². The van der Waals surface area contributed by atoms with Crippen LogP contribution < -0.4 is 0 Å². The van der Waals surface area contributed by atoms with E-state index >= 15 is 0 Å². The number of rotatable bonds is 11. The number of fused-ring (bicyclic) bond motifs is 1. The standard InChI is InChI=1S/C21H34ClN3/c1-5-7-12-24(13-8-6-2)14-9-15-25-20-16-18(22)10-11-19(20)23-21(25)17(3)4/h10-11,16-17H,5-9,12-15H2,1-4H3. The summed E-state index contributed by atoms with van der Waals surface area (Å²) in [5, 5.41) is 0.788. The molecule has 0 unspecified atom stereocenters. The molecule has 1 aromatic heterocycles. The van der Waals surface area contributed by atoms with Crippen LogP contribution in [0.4, 0.5) is 0 Å². The van der Waals surface area contributed by atoms with Gasteiger partial charge in [-0.15, -0.1) is 0 Å². The van der Waals surface area contributed by atoms with Crippen molar-refractivity contribution in [1.82, 2.24) is 14.5 Å². The van der Waals surface area contributed by atoms with Gasteiger partial charge in [0.25, 0.3) is 0 Å². The van der Waals surface area contributed by atoms with E-state index in [1.807, 2.05) is 12.1 Å². The largest absolute Gasteiger partial charge is 0.328 e. The molecule has 2 aromatic rings. The highest BCUT2D eigenvalue weighted by molar-refractivity contribution is 6.31. The highest BCUT2D eigenvalue weighted by Crippen LogP contribution is 2.25. The van der Waals surface area contributed by atoms with Gasteiger partial charge in [-0.05, 0) is 57.1 Å². The van der Waals surface area contributed by atoms with Gasteiger partial charge in [-0.3, -0.25) is 0 Å². The van der Waals surface area contributed by atoms with Crippen molar-refractivity contribution < 1.29 is 0 Å². The second-order valence-corrected chi connectivity index (χ2v) is 7.75. The van der Waals surface area contributed by atoms with Crippen molar-refractivity contribution in [3.8, 4) is 0 Å². The third-order valence-corrected chi connectivity index (χ3v) is 5.00. The molecule has 0 atom stereocenters. The van der Waals surface area contributed by atoms with Crippen LogP contribution in [0.1, 0.15) is 71.5 Å². The molecule has 3 nitrogen and oxygen atoms in total. The molecule has 25 heavy (non-hydrogen) atoms. The number of hydrogen-bond acceptors (Lipinski definition) is 2. The van der Waals surface area contributed by atoms with Gasteiger partial charge in [0.15, 0.2) is 0 Å². The Morgan fingerprint density at radius 3 is 2.28 bits per heavy atom. The Kier molecular flexibility index (Phi) is 8.25. The summed E-state index contributed by atoms with van der Waals surface area (Å²) >= 11 is 6.23. The molecule has 2 rings (SSSR count). The molecule has 0 bridgehead atoms. The molecule has 0 spiro atoms. The summed E-state index contributed by atoms with van der Waals surface area (Å²) in [5.41, 5.74) is 2.23. The lowest BCUT2D eigenvalue weighted by atomic mass is 10.2. The van der Waals surface area contributed by atoms with E-state index < -0.39 is 0 Å². The number of hydrogen-bond donors (Lipinski definition) is 0. The van der Waals surface area contributed by atoms with Gasteiger partial charge in [0.2, 0.25) is 0 Å². The fourth-order valence-corrected chi connectivity index (χ4v) is 3.51. The lowest BCUT2D eigenvalue weighted by molar-refractivity contribution is 0.257. The minimum Gasteiger partial charge on any atom is -0.328 e. The Labute approximate surface area is 158 Å². The van der Waals surface area contributed by atoms with Gasteiger partial charge in [-0.1, -0.05) is 52.1 Å². The van der Waals surface area contributed by atoms with Crippen LogP contribution in [0.3, 0.4) is 0 Å². The summed E-state index contributed by atoms with van der Waals surface area (Å²) in [7, 11) is 0. The molecule has 0 amide bonds. The van der Waals surface area contributed by atoms with Crippen LogP contribution in [-0.2, 0) is 6.54 Å². The van der Waals surface area contributed by atoms with Gasteiger partial charge in [0.1, 0.15) is 5.82 Å². The van der Waals surface area contributed by atoms with Crippen LogP contribution >= 0.6 is 11.6 Å². The van der Waals surface area contributed by atoms with Gasteiger partial charge >= 0.3 is 0 Å². The van der Waals surface area contributed by atoms with Gasteiger partial charge in [-0.25, -0.2) is 4.98 Å². The summed E-state index contributed by atoms with van der Waals surface area (Å²) in [6.45, 7) is 13.6. The number of nitrogens with zero attached hydrogens (tertiary/aromatic N) is 3. The summed E-state index contributed by atoms with van der Waals surface area (Å²) < 4.78 is 2.38. The zero-order valence-corrected chi connectivity index (χ0v) is 17.1. The smallest absolute Gasteiger partial charge is 0.112 e. The van der Waals surface area contributed by atoms with Crippen LogP contribution in [0.25, 0.3) is 11.0 Å². The Hall–Kier alpha value is -1.06. The molecular formula is C21H34ClN3. The van der Waals surface area contributed by atoms with Crippen molar-refractivity contribution >= 4 is 22.6 Å².